The molecule has 3 heterocycles. The third kappa shape index (κ3) is 2.98. The molecule has 0 bridgehead atoms. The Morgan fingerprint density at radius 1 is 1.04 bits per heavy atom. The number of nitrogens with zero attached hydrogens (tertiary/aromatic N) is 4. The number of aryl methyl sites for hydroxylation is 1. The number of hydrogen-bond acceptors (Lipinski definition) is 6. The third-order valence-electron chi connectivity index (χ3n) is 5.70. The van der Waals surface area contributed by atoms with Crippen molar-refractivity contribution in [1.82, 2.24) is 19.8 Å². The Balaban J connectivity index is 1.59. The third-order valence-corrected chi connectivity index (χ3v) is 7.40. The molecular weight excluding hydrogens is 356 g/mol. The molecule has 0 spiro atoms. The van der Waals surface area contributed by atoms with E-state index in [9.17, 15) is 18.0 Å². The van der Waals surface area contributed by atoms with Crippen molar-refractivity contribution < 1.29 is 18.0 Å². The fraction of sp³-hybridized carbons (Fsp3) is 0.647. The van der Waals surface area contributed by atoms with E-state index >= 15 is 0 Å². The van der Waals surface area contributed by atoms with Crippen molar-refractivity contribution in [2.75, 3.05) is 24.6 Å². The second-order valence-corrected chi connectivity index (χ2v) is 9.54. The summed E-state index contributed by atoms with van der Waals surface area (Å²) in [4.78, 5) is 37.0. The van der Waals surface area contributed by atoms with Crippen LogP contribution in [0.1, 0.15) is 35.4 Å². The van der Waals surface area contributed by atoms with E-state index in [0.29, 0.717) is 24.5 Å². The van der Waals surface area contributed by atoms with Gasteiger partial charge in [-0.1, -0.05) is 6.42 Å². The van der Waals surface area contributed by atoms with Crippen LogP contribution in [0.5, 0.6) is 0 Å². The van der Waals surface area contributed by atoms with Crippen molar-refractivity contribution in [3.8, 4) is 0 Å². The van der Waals surface area contributed by atoms with Crippen molar-refractivity contribution in [2.45, 2.75) is 38.3 Å². The van der Waals surface area contributed by atoms with Crippen molar-refractivity contribution in [1.29, 1.82) is 0 Å². The molecular formula is C17H22N4O4S. The highest BCUT2D eigenvalue weighted by molar-refractivity contribution is 7.91. The zero-order valence-corrected chi connectivity index (χ0v) is 15.5. The monoisotopic (exact) mass is 378 g/mol. The van der Waals surface area contributed by atoms with Crippen molar-refractivity contribution in [2.24, 2.45) is 5.92 Å². The minimum Gasteiger partial charge on any atom is -0.335 e. The maximum Gasteiger partial charge on any atom is 0.257 e. The first-order valence-corrected chi connectivity index (χ1v) is 10.8. The van der Waals surface area contributed by atoms with E-state index in [2.05, 4.69) is 9.97 Å². The zero-order valence-electron chi connectivity index (χ0n) is 14.7. The molecule has 26 heavy (non-hydrogen) atoms. The molecule has 8 nitrogen and oxygen atoms in total. The van der Waals surface area contributed by atoms with Gasteiger partial charge in [-0.15, -0.1) is 0 Å². The predicted octanol–water partition coefficient (Wildman–Crippen LogP) is 0.0351. The Morgan fingerprint density at radius 3 is 2.19 bits per heavy atom. The highest BCUT2D eigenvalue weighted by Crippen LogP contribution is 2.33. The largest absolute Gasteiger partial charge is 0.335 e. The topological polar surface area (TPSA) is 101 Å². The highest BCUT2D eigenvalue weighted by Gasteiger charge is 2.50. The molecule has 2 atom stereocenters. The number of carbonyl (C=O) groups excluding carboxylic acids is 2. The summed E-state index contributed by atoms with van der Waals surface area (Å²) in [5.41, 5.74) is 0.345. The van der Waals surface area contributed by atoms with Crippen LogP contribution in [0.25, 0.3) is 0 Å². The minimum absolute atomic E-state index is 0.0201. The number of rotatable bonds is 2. The molecule has 0 N–H and O–H groups in total. The Morgan fingerprint density at radius 2 is 1.62 bits per heavy atom. The number of sulfone groups is 1. The van der Waals surface area contributed by atoms with Gasteiger partial charge < -0.3 is 9.80 Å². The van der Waals surface area contributed by atoms with Crippen LogP contribution in [0.3, 0.4) is 0 Å². The van der Waals surface area contributed by atoms with Gasteiger partial charge in [-0.3, -0.25) is 9.59 Å². The summed E-state index contributed by atoms with van der Waals surface area (Å²) in [6.45, 7) is 2.45. The van der Waals surface area contributed by atoms with E-state index in [1.165, 1.54) is 12.4 Å². The standard InChI is InChI=1S/C17H22N4O4S/c1-11-18-7-13(8-19-11)17(23)21-6-5-20(16(22)12-3-2-4-12)14-9-26(24,25)10-15(14)21/h7-8,12,14-15H,2-6,9-10H2,1H3/t14-,15+/m1/s1. The molecule has 2 amide bonds. The summed E-state index contributed by atoms with van der Waals surface area (Å²) in [6.07, 6.45) is 5.74. The number of hydrogen-bond donors (Lipinski definition) is 0. The Labute approximate surface area is 152 Å². The van der Waals surface area contributed by atoms with Gasteiger partial charge in [0.2, 0.25) is 5.91 Å². The lowest BCUT2D eigenvalue weighted by Crippen LogP contribution is -2.63. The van der Waals surface area contributed by atoms with Gasteiger partial charge in [-0.2, -0.15) is 0 Å². The minimum atomic E-state index is -3.28. The molecule has 3 fully saturated rings. The Bertz CT molecular complexity index is 835. The van der Waals surface area contributed by atoms with E-state index in [-0.39, 0.29) is 29.2 Å². The van der Waals surface area contributed by atoms with Gasteiger partial charge >= 0.3 is 0 Å². The number of amides is 2. The summed E-state index contributed by atoms with van der Waals surface area (Å²) in [5.74, 6) is 0.210. The average molecular weight is 378 g/mol. The molecule has 2 saturated heterocycles. The molecule has 140 valence electrons. The SMILES string of the molecule is Cc1ncc(C(=O)N2CCN(C(=O)C3CCC3)[C@@H]3CS(=O)(=O)C[C@@H]32)cn1. The van der Waals surface area contributed by atoms with E-state index in [1.807, 2.05) is 0 Å². The number of piperazine rings is 1. The van der Waals surface area contributed by atoms with Crippen molar-refractivity contribution in [3.05, 3.63) is 23.8 Å². The van der Waals surface area contributed by atoms with Crippen LogP contribution in [-0.4, -0.2) is 76.7 Å². The Kier molecular flexibility index (Phi) is 4.21. The number of fused-ring (bicyclic) bond motifs is 1. The lowest BCUT2D eigenvalue weighted by atomic mass is 9.83. The average Bonchev–Trinajstić information content (AvgIpc) is 2.87. The summed E-state index contributed by atoms with van der Waals surface area (Å²) < 4.78 is 24.5. The van der Waals surface area contributed by atoms with E-state index in [0.717, 1.165) is 19.3 Å². The maximum atomic E-state index is 12.9. The predicted molar refractivity (Wildman–Crippen MR) is 93.1 cm³/mol. The molecule has 0 radical (unpaired) electrons. The Hall–Kier alpha value is -2.03. The van der Waals surface area contributed by atoms with Crippen LogP contribution < -0.4 is 0 Å². The van der Waals surface area contributed by atoms with Gasteiger partial charge in [-0.05, 0) is 19.8 Å². The molecule has 1 aromatic rings. The molecule has 1 aliphatic carbocycles. The highest BCUT2D eigenvalue weighted by atomic mass is 32.2. The van der Waals surface area contributed by atoms with Gasteiger partial charge in [0.15, 0.2) is 9.84 Å². The molecule has 1 saturated carbocycles. The first-order chi connectivity index (χ1) is 12.4. The van der Waals surface area contributed by atoms with Crippen LogP contribution in [0.15, 0.2) is 12.4 Å². The van der Waals surface area contributed by atoms with Crippen LogP contribution in [0.2, 0.25) is 0 Å². The molecule has 2 aliphatic heterocycles. The fourth-order valence-corrected chi connectivity index (χ4v) is 6.02. The van der Waals surface area contributed by atoms with Crippen LogP contribution in [0.4, 0.5) is 0 Å². The van der Waals surface area contributed by atoms with Crippen LogP contribution in [-0.2, 0) is 14.6 Å². The maximum absolute atomic E-state index is 12.9. The smallest absolute Gasteiger partial charge is 0.257 e. The molecule has 3 aliphatic rings. The van der Waals surface area contributed by atoms with E-state index in [1.54, 1.807) is 16.7 Å². The quantitative estimate of drug-likeness (QED) is 0.720. The summed E-state index contributed by atoms with van der Waals surface area (Å²) >= 11 is 0. The summed E-state index contributed by atoms with van der Waals surface area (Å²) in [7, 11) is -3.28. The molecule has 4 rings (SSSR count). The van der Waals surface area contributed by atoms with Gasteiger partial charge in [0.1, 0.15) is 5.82 Å². The lowest BCUT2D eigenvalue weighted by Gasteiger charge is -2.45. The molecule has 0 aromatic carbocycles. The number of aromatic nitrogens is 2. The van der Waals surface area contributed by atoms with E-state index < -0.39 is 21.9 Å². The second kappa shape index (κ2) is 6.29. The van der Waals surface area contributed by atoms with Crippen LogP contribution >= 0.6 is 0 Å². The van der Waals surface area contributed by atoms with Crippen molar-refractivity contribution in [3.63, 3.8) is 0 Å². The number of carbonyl (C=O) groups is 2. The molecule has 1 aromatic heterocycles. The van der Waals surface area contributed by atoms with E-state index in [4.69, 9.17) is 0 Å². The summed E-state index contributed by atoms with van der Waals surface area (Å²) in [6, 6.07) is -0.941. The zero-order chi connectivity index (χ0) is 18.5. The first-order valence-electron chi connectivity index (χ1n) is 8.96. The van der Waals surface area contributed by atoms with Gasteiger partial charge in [0.25, 0.3) is 5.91 Å². The summed E-state index contributed by atoms with van der Waals surface area (Å²) in [5, 5.41) is 0. The second-order valence-electron chi connectivity index (χ2n) is 7.39. The normalized spacial score (nSPS) is 27.7. The first kappa shape index (κ1) is 17.4. The van der Waals surface area contributed by atoms with Gasteiger partial charge in [0, 0.05) is 31.4 Å². The van der Waals surface area contributed by atoms with Crippen LogP contribution in [0, 0.1) is 12.8 Å². The lowest BCUT2D eigenvalue weighted by molar-refractivity contribution is -0.143. The van der Waals surface area contributed by atoms with Gasteiger partial charge in [-0.25, -0.2) is 18.4 Å². The van der Waals surface area contributed by atoms with Gasteiger partial charge in [0.05, 0.1) is 29.2 Å². The fourth-order valence-electron chi connectivity index (χ4n) is 4.04. The molecule has 9 heteroatoms. The molecule has 0 unspecified atom stereocenters. The van der Waals surface area contributed by atoms with Crippen molar-refractivity contribution >= 4 is 21.7 Å².